The molecule has 1 heterocycles. The fourth-order valence-electron chi connectivity index (χ4n) is 2.41. The van der Waals surface area contributed by atoms with Gasteiger partial charge in [-0.1, -0.05) is 29.5 Å². The molecule has 0 spiro atoms. The van der Waals surface area contributed by atoms with Crippen molar-refractivity contribution in [1.29, 1.82) is 0 Å². The van der Waals surface area contributed by atoms with Gasteiger partial charge in [-0.2, -0.15) is 0 Å². The molecule has 0 amide bonds. The molecule has 0 aliphatic heterocycles. The van der Waals surface area contributed by atoms with Crippen LogP contribution in [0, 0.1) is 11.6 Å². The molecule has 0 bridgehead atoms. The van der Waals surface area contributed by atoms with E-state index in [1.807, 2.05) is 0 Å². The van der Waals surface area contributed by atoms with E-state index in [0.717, 1.165) is 16.8 Å². The molecular weight excluding hydrogens is 298 g/mol. The van der Waals surface area contributed by atoms with Crippen LogP contribution in [0.3, 0.4) is 0 Å². The monoisotopic (exact) mass is 314 g/mol. The molecule has 4 nitrogen and oxygen atoms in total. The first-order valence-corrected chi connectivity index (χ1v) is 7.26. The number of halogens is 2. The van der Waals surface area contributed by atoms with Crippen molar-refractivity contribution in [2.45, 2.75) is 19.5 Å². The Hall–Kier alpha value is -2.60. The molecule has 6 heteroatoms. The summed E-state index contributed by atoms with van der Waals surface area (Å²) in [5.74, 6) is -0.549. The highest BCUT2D eigenvalue weighted by molar-refractivity contribution is 5.25. The van der Waals surface area contributed by atoms with Crippen molar-refractivity contribution < 1.29 is 8.78 Å². The van der Waals surface area contributed by atoms with E-state index < -0.39 is 0 Å². The van der Waals surface area contributed by atoms with Gasteiger partial charge in [-0.15, -0.1) is 5.10 Å². The van der Waals surface area contributed by atoms with Crippen LogP contribution in [0.15, 0.2) is 48.5 Å². The Morgan fingerprint density at radius 2 is 1.43 bits per heavy atom. The largest absolute Gasteiger partial charge is 0.325 e. The van der Waals surface area contributed by atoms with Crippen LogP contribution in [0.25, 0.3) is 0 Å². The van der Waals surface area contributed by atoms with Gasteiger partial charge in [0, 0.05) is 13.0 Å². The summed E-state index contributed by atoms with van der Waals surface area (Å²) in [6.07, 6.45) is 0.557. The minimum absolute atomic E-state index is 0.272. The van der Waals surface area contributed by atoms with Crippen LogP contribution < -0.4 is 5.73 Å². The highest BCUT2D eigenvalue weighted by atomic mass is 19.1. The molecular formula is C17H16F2N4. The smallest absolute Gasteiger partial charge is 0.123 e. The maximum absolute atomic E-state index is 13.0. The van der Waals surface area contributed by atoms with Crippen molar-refractivity contribution in [3.63, 3.8) is 0 Å². The molecule has 0 fully saturated rings. The van der Waals surface area contributed by atoms with Crippen molar-refractivity contribution in [2.24, 2.45) is 5.73 Å². The van der Waals surface area contributed by atoms with Gasteiger partial charge in [0.25, 0.3) is 0 Å². The van der Waals surface area contributed by atoms with Gasteiger partial charge >= 0.3 is 0 Å². The molecule has 1 aromatic heterocycles. The predicted octanol–water partition coefficient (Wildman–Crippen LogP) is 2.65. The van der Waals surface area contributed by atoms with Crippen molar-refractivity contribution in [3.05, 3.63) is 82.7 Å². The Kier molecular flexibility index (Phi) is 4.43. The van der Waals surface area contributed by atoms with Gasteiger partial charge in [0.05, 0.1) is 17.9 Å². The van der Waals surface area contributed by atoms with E-state index in [1.165, 1.54) is 24.3 Å². The van der Waals surface area contributed by atoms with E-state index >= 15 is 0 Å². The highest BCUT2D eigenvalue weighted by Crippen LogP contribution is 2.15. The van der Waals surface area contributed by atoms with Crippen LogP contribution in [-0.4, -0.2) is 15.0 Å². The summed E-state index contributed by atoms with van der Waals surface area (Å²) >= 11 is 0. The Balaban J connectivity index is 1.87. The van der Waals surface area contributed by atoms with Crippen molar-refractivity contribution in [1.82, 2.24) is 15.0 Å². The highest BCUT2D eigenvalue weighted by Gasteiger charge is 2.13. The summed E-state index contributed by atoms with van der Waals surface area (Å²) in [4.78, 5) is 0. The molecule has 2 aromatic carbocycles. The SMILES string of the molecule is NCc1nnn(Cc2ccc(F)cc2)c1Cc1ccc(F)cc1. The maximum Gasteiger partial charge on any atom is 0.123 e. The van der Waals surface area contributed by atoms with Crippen LogP contribution in [-0.2, 0) is 19.5 Å². The molecule has 2 N–H and O–H groups in total. The van der Waals surface area contributed by atoms with Crippen LogP contribution >= 0.6 is 0 Å². The number of hydrogen-bond donors (Lipinski definition) is 1. The molecule has 0 atom stereocenters. The minimum atomic E-state index is -0.276. The second kappa shape index (κ2) is 6.66. The van der Waals surface area contributed by atoms with Gasteiger partial charge < -0.3 is 5.73 Å². The normalized spacial score (nSPS) is 10.9. The number of nitrogens with zero attached hydrogens (tertiary/aromatic N) is 3. The minimum Gasteiger partial charge on any atom is -0.325 e. The van der Waals surface area contributed by atoms with E-state index in [2.05, 4.69) is 10.3 Å². The molecule has 118 valence electrons. The average molecular weight is 314 g/mol. The number of hydrogen-bond acceptors (Lipinski definition) is 3. The lowest BCUT2D eigenvalue weighted by atomic mass is 10.1. The molecule has 3 aromatic rings. The van der Waals surface area contributed by atoms with E-state index in [0.29, 0.717) is 18.7 Å². The summed E-state index contributed by atoms with van der Waals surface area (Å²) in [7, 11) is 0. The lowest BCUT2D eigenvalue weighted by molar-refractivity contribution is 0.613. The fourth-order valence-corrected chi connectivity index (χ4v) is 2.41. The van der Waals surface area contributed by atoms with Crippen molar-refractivity contribution >= 4 is 0 Å². The molecule has 0 aliphatic rings. The molecule has 0 saturated carbocycles. The van der Waals surface area contributed by atoms with E-state index in [4.69, 9.17) is 5.73 Å². The topological polar surface area (TPSA) is 56.7 Å². The number of benzene rings is 2. The van der Waals surface area contributed by atoms with Gasteiger partial charge in [0.15, 0.2) is 0 Å². The third-order valence-corrected chi connectivity index (χ3v) is 3.64. The summed E-state index contributed by atoms with van der Waals surface area (Å²) in [6.45, 7) is 0.754. The van der Waals surface area contributed by atoms with Gasteiger partial charge in [-0.05, 0) is 35.4 Å². The van der Waals surface area contributed by atoms with Gasteiger partial charge in [-0.25, -0.2) is 13.5 Å². The third kappa shape index (κ3) is 3.60. The molecule has 23 heavy (non-hydrogen) atoms. The quantitative estimate of drug-likeness (QED) is 0.787. The first-order valence-electron chi connectivity index (χ1n) is 7.26. The standard InChI is InChI=1S/C17H16F2N4/c18-14-5-1-12(2-6-14)9-17-16(10-20)21-22-23(17)11-13-3-7-15(19)8-4-13/h1-8H,9-11,20H2. The molecule has 0 unspecified atom stereocenters. The fraction of sp³-hybridized carbons (Fsp3) is 0.176. The predicted molar refractivity (Wildman–Crippen MR) is 82.6 cm³/mol. The zero-order valence-electron chi connectivity index (χ0n) is 12.4. The number of aromatic nitrogens is 3. The molecule has 0 saturated heterocycles. The first kappa shape index (κ1) is 15.3. The summed E-state index contributed by atoms with van der Waals surface area (Å²) in [6, 6.07) is 12.5. The van der Waals surface area contributed by atoms with E-state index in [-0.39, 0.29) is 18.2 Å². The molecule has 0 aliphatic carbocycles. The van der Waals surface area contributed by atoms with E-state index in [9.17, 15) is 8.78 Å². The van der Waals surface area contributed by atoms with Crippen LogP contribution in [0.4, 0.5) is 8.78 Å². The summed E-state index contributed by atoms with van der Waals surface area (Å²) in [5, 5.41) is 8.24. The second-order valence-electron chi connectivity index (χ2n) is 5.27. The Morgan fingerprint density at radius 1 is 0.870 bits per heavy atom. The van der Waals surface area contributed by atoms with Gasteiger partial charge in [0.2, 0.25) is 0 Å². The van der Waals surface area contributed by atoms with Crippen molar-refractivity contribution in [2.75, 3.05) is 0 Å². The average Bonchev–Trinajstić information content (AvgIpc) is 2.93. The Bertz CT molecular complexity index is 779. The summed E-state index contributed by atoms with van der Waals surface area (Å²) < 4.78 is 27.8. The first-order chi connectivity index (χ1) is 11.2. The van der Waals surface area contributed by atoms with Crippen LogP contribution in [0.2, 0.25) is 0 Å². The maximum atomic E-state index is 13.0. The lowest BCUT2D eigenvalue weighted by Crippen LogP contribution is -2.09. The lowest BCUT2D eigenvalue weighted by Gasteiger charge is -2.08. The number of rotatable bonds is 5. The van der Waals surface area contributed by atoms with E-state index in [1.54, 1.807) is 28.9 Å². The van der Waals surface area contributed by atoms with Gasteiger partial charge in [-0.3, -0.25) is 0 Å². The van der Waals surface area contributed by atoms with Crippen LogP contribution in [0.5, 0.6) is 0 Å². The zero-order valence-corrected chi connectivity index (χ0v) is 12.4. The molecule has 0 radical (unpaired) electrons. The summed E-state index contributed by atoms with van der Waals surface area (Å²) in [5.41, 5.74) is 9.18. The number of nitrogens with two attached hydrogens (primary N) is 1. The Labute approximate surface area is 132 Å². The van der Waals surface area contributed by atoms with Gasteiger partial charge in [0.1, 0.15) is 11.6 Å². The molecule has 3 rings (SSSR count). The third-order valence-electron chi connectivity index (χ3n) is 3.64. The van der Waals surface area contributed by atoms with Crippen LogP contribution in [0.1, 0.15) is 22.5 Å². The van der Waals surface area contributed by atoms with Crippen molar-refractivity contribution in [3.8, 4) is 0 Å². The Morgan fingerprint density at radius 3 is 2.00 bits per heavy atom. The zero-order chi connectivity index (χ0) is 16.2. The second-order valence-corrected chi connectivity index (χ2v) is 5.27.